The number of carbonyl (C=O) groups is 1. The summed E-state index contributed by atoms with van der Waals surface area (Å²) in [7, 11) is 3.76. The molecule has 0 saturated heterocycles. The predicted molar refractivity (Wildman–Crippen MR) is 140 cm³/mol. The topological polar surface area (TPSA) is 85.7 Å². The molecule has 2 aromatic carbocycles. The van der Waals surface area contributed by atoms with E-state index in [1.165, 1.54) is 61.0 Å². The lowest BCUT2D eigenvalue weighted by atomic mass is 9.91. The number of pyridine rings is 1. The molecule has 3 N–H and O–H groups in total. The van der Waals surface area contributed by atoms with Crippen molar-refractivity contribution >= 4 is 23.0 Å². The van der Waals surface area contributed by atoms with E-state index in [4.69, 9.17) is 5.11 Å². The summed E-state index contributed by atoms with van der Waals surface area (Å²) in [5.74, 6) is -0.947. The number of benzene rings is 2. The lowest BCUT2D eigenvalue weighted by Gasteiger charge is -2.23. The highest BCUT2D eigenvalue weighted by Gasteiger charge is 2.12. The number of aryl methyl sites for hydroxylation is 2. The first-order chi connectivity index (χ1) is 16.4. The van der Waals surface area contributed by atoms with Gasteiger partial charge in [-0.1, -0.05) is 32.0 Å². The molecule has 34 heavy (non-hydrogen) atoms. The van der Waals surface area contributed by atoms with Crippen molar-refractivity contribution < 1.29 is 15.0 Å². The number of aromatic carboxylic acids is 1. The van der Waals surface area contributed by atoms with E-state index in [1.54, 1.807) is 14.0 Å². The molecule has 0 aliphatic heterocycles. The zero-order chi connectivity index (χ0) is 25.1. The number of carboxylic acids is 1. The molecule has 1 aromatic heterocycles. The van der Waals surface area contributed by atoms with E-state index in [2.05, 4.69) is 52.6 Å². The predicted octanol–water partition coefficient (Wildman–Crippen LogP) is 6.23. The van der Waals surface area contributed by atoms with Gasteiger partial charge in [0.05, 0.1) is 23.6 Å². The molecule has 4 rings (SSSR count). The van der Waals surface area contributed by atoms with Crippen LogP contribution in [0.4, 0.5) is 17.1 Å². The zero-order valence-electron chi connectivity index (χ0n) is 20.9. The Hall–Kier alpha value is -3.38. The molecule has 1 atom stereocenters. The van der Waals surface area contributed by atoms with Crippen molar-refractivity contribution in [2.24, 2.45) is 0 Å². The summed E-state index contributed by atoms with van der Waals surface area (Å²) in [5, 5.41) is 21.0. The van der Waals surface area contributed by atoms with Crippen LogP contribution < -0.4 is 10.2 Å². The van der Waals surface area contributed by atoms with Crippen molar-refractivity contribution in [1.82, 2.24) is 4.98 Å². The van der Waals surface area contributed by atoms with Gasteiger partial charge in [0.25, 0.3) is 0 Å². The number of hydrogen-bond acceptors (Lipinski definition) is 5. The van der Waals surface area contributed by atoms with Crippen molar-refractivity contribution in [3.8, 4) is 0 Å². The number of rotatable bonds is 5. The fourth-order valence-electron chi connectivity index (χ4n) is 3.83. The average molecular weight is 464 g/mol. The fraction of sp³-hybridized carbons (Fsp3) is 0.357. The molecule has 6 nitrogen and oxygen atoms in total. The van der Waals surface area contributed by atoms with Gasteiger partial charge in [0, 0.05) is 31.7 Å². The van der Waals surface area contributed by atoms with Crippen LogP contribution in [-0.2, 0) is 12.8 Å². The second-order valence-electron chi connectivity index (χ2n) is 7.96. The highest BCUT2D eigenvalue weighted by Crippen LogP contribution is 2.30. The molecule has 1 aliphatic rings. The maximum atomic E-state index is 10.5. The summed E-state index contributed by atoms with van der Waals surface area (Å²) in [6.45, 7) is 5.79. The highest BCUT2D eigenvalue weighted by molar-refractivity contribution is 5.93. The number of fused-ring (bicyclic) bond motifs is 1. The minimum absolute atomic E-state index is 0.238. The Morgan fingerprint density at radius 2 is 1.62 bits per heavy atom. The maximum Gasteiger partial charge on any atom is 0.337 e. The van der Waals surface area contributed by atoms with Gasteiger partial charge in [-0.3, -0.25) is 4.98 Å². The molecule has 1 aliphatic carbocycles. The molecule has 1 unspecified atom stereocenters. The first kappa shape index (κ1) is 26.9. The first-order valence-electron chi connectivity index (χ1n) is 11.9. The molecule has 0 saturated carbocycles. The number of nitrogens with zero attached hydrogens (tertiary/aromatic N) is 2. The molecule has 0 bridgehead atoms. The normalized spacial score (nSPS) is 12.6. The van der Waals surface area contributed by atoms with E-state index in [1.807, 2.05) is 26.0 Å². The standard InChI is InChI=1S/C19H23NO.C7H8N2O2.C2H6/c1-14(21)15-7-10-18(11-8-15)20(2)19-12-9-16-5-3-4-6-17(16)13-19;1-8-6-4-9-3-2-5(6)7(10)11;1-2/h7-14,21H,3-6H2,1-2H3;2-4,8H,1H3,(H,10,11);1-2H3. The van der Waals surface area contributed by atoms with E-state index in [0.717, 1.165) is 11.3 Å². The Morgan fingerprint density at radius 1 is 1.00 bits per heavy atom. The fourth-order valence-corrected chi connectivity index (χ4v) is 3.83. The minimum Gasteiger partial charge on any atom is -0.478 e. The minimum atomic E-state index is -0.947. The van der Waals surface area contributed by atoms with Crippen molar-refractivity contribution in [3.05, 3.63) is 83.2 Å². The van der Waals surface area contributed by atoms with E-state index in [9.17, 15) is 9.90 Å². The number of anilines is 3. The van der Waals surface area contributed by atoms with Gasteiger partial charge in [-0.15, -0.1) is 0 Å². The summed E-state index contributed by atoms with van der Waals surface area (Å²) >= 11 is 0. The van der Waals surface area contributed by atoms with Gasteiger partial charge in [0.1, 0.15) is 0 Å². The van der Waals surface area contributed by atoms with E-state index in [-0.39, 0.29) is 5.56 Å². The summed E-state index contributed by atoms with van der Waals surface area (Å²) in [6.07, 6.45) is 7.58. The van der Waals surface area contributed by atoms with Crippen LogP contribution in [0.25, 0.3) is 0 Å². The molecule has 0 radical (unpaired) electrons. The van der Waals surface area contributed by atoms with Gasteiger partial charge in [0.15, 0.2) is 0 Å². The average Bonchev–Trinajstić information content (AvgIpc) is 2.89. The van der Waals surface area contributed by atoms with Crippen LogP contribution >= 0.6 is 0 Å². The summed E-state index contributed by atoms with van der Waals surface area (Å²) in [5.41, 5.74) is 7.13. The SMILES string of the molecule is CC.CC(O)c1ccc(N(C)c2ccc3c(c2)CCCC3)cc1.CNc1cnccc1C(=O)O. The van der Waals surface area contributed by atoms with E-state index >= 15 is 0 Å². The third kappa shape index (κ3) is 7.06. The Labute approximate surface area is 203 Å². The molecule has 3 aromatic rings. The second-order valence-corrected chi connectivity index (χ2v) is 7.96. The van der Waals surface area contributed by atoms with E-state index in [0.29, 0.717) is 5.69 Å². The van der Waals surface area contributed by atoms with Gasteiger partial charge in [-0.25, -0.2) is 4.79 Å². The van der Waals surface area contributed by atoms with Crippen molar-refractivity contribution in [2.45, 2.75) is 52.6 Å². The van der Waals surface area contributed by atoms with Gasteiger partial charge in [-0.05, 0) is 79.6 Å². The molecule has 0 fully saturated rings. The third-order valence-electron chi connectivity index (χ3n) is 5.80. The lowest BCUT2D eigenvalue weighted by molar-refractivity contribution is 0.0698. The van der Waals surface area contributed by atoms with Crippen molar-refractivity contribution in [2.75, 3.05) is 24.3 Å². The van der Waals surface area contributed by atoms with Gasteiger partial charge in [0.2, 0.25) is 0 Å². The largest absolute Gasteiger partial charge is 0.478 e. The van der Waals surface area contributed by atoms with Crippen LogP contribution in [0.1, 0.15) is 66.8 Å². The Balaban J connectivity index is 0.000000266. The van der Waals surface area contributed by atoms with Crippen LogP contribution in [0.5, 0.6) is 0 Å². The quantitative estimate of drug-likeness (QED) is 0.416. The van der Waals surface area contributed by atoms with Crippen LogP contribution in [0.15, 0.2) is 60.9 Å². The molecular formula is C28H37N3O3. The van der Waals surface area contributed by atoms with Crippen LogP contribution in [0.3, 0.4) is 0 Å². The van der Waals surface area contributed by atoms with Gasteiger partial charge >= 0.3 is 5.97 Å². The smallest absolute Gasteiger partial charge is 0.337 e. The number of aromatic nitrogens is 1. The number of aliphatic hydroxyl groups is 1. The highest BCUT2D eigenvalue weighted by atomic mass is 16.4. The molecule has 0 amide bonds. The Morgan fingerprint density at radius 3 is 2.18 bits per heavy atom. The Kier molecular flexibility index (Phi) is 10.6. The van der Waals surface area contributed by atoms with E-state index < -0.39 is 12.1 Å². The number of aliphatic hydroxyl groups excluding tert-OH is 1. The molecule has 1 heterocycles. The molecule has 0 spiro atoms. The maximum absolute atomic E-state index is 10.5. The lowest BCUT2D eigenvalue weighted by Crippen LogP contribution is -2.11. The summed E-state index contributed by atoms with van der Waals surface area (Å²) < 4.78 is 0. The van der Waals surface area contributed by atoms with Crippen molar-refractivity contribution in [1.29, 1.82) is 0 Å². The monoisotopic (exact) mass is 463 g/mol. The van der Waals surface area contributed by atoms with Crippen LogP contribution in [0, 0.1) is 0 Å². The van der Waals surface area contributed by atoms with Crippen molar-refractivity contribution in [3.63, 3.8) is 0 Å². The second kappa shape index (κ2) is 13.4. The number of carboxylic acid groups (broad SMARTS) is 1. The first-order valence-corrected chi connectivity index (χ1v) is 11.9. The summed E-state index contributed by atoms with van der Waals surface area (Å²) in [4.78, 5) is 16.5. The Bertz CT molecular complexity index is 1050. The summed E-state index contributed by atoms with van der Waals surface area (Å²) in [6, 6.07) is 16.4. The van der Waals surface area contributed by atoms with Crippen LogP contribution in [0.2, 0.25) is 0 Å². The molecular weight excluding hydrogens is 426 g/mol. The number of hydrogen-bond donors (Lipinski definition) is 3. The van der Waals surface area contributed by atoms with Gasteiger partial charge in [-0.2, -0.15) is 0 Å². The van der Waals surface area contributed by atoms with Crippen LogP contribution in [-0.4, -0.2) is 35.3 Å². The molecule has 182 valence electrons. The zero-order valence-corrected chi connectivity index (χ0v) is 20.9. The van der Waals surface area contributed by atoms with Gasteiger partial charge < -0.3 is 20.4 Å². The number of nitrogens with one attached hydrogen (secondary N) is 1. The molecule has 6 heteroatoms. The third-order valence-corrected chi connectivity index (χ3v) is 5.80.